The van der Waals surface area contributed by atoms with Crippen molar-refractivity contribution in [1.82, 2.24) is 19.4 Å². The number of amides is 1. The first-order chi connectivity index (χ1) is 14.3. The van der Waals surface area contributed by atoms with Gasteiger partial charge in [-0.15, -0.1) is 0 Å². The summed E-state index contributed by atoms with van der Waals surface area (Å²) in [7, 11) is -1.41. The molecule has 0 spiro atoms. The fraction of sp³-hybridized carbons (Fsp3) is 0.810. The number of hydrogen-bond acceptors (Lipinski definition) is 5. The third-order valence-corrected chi connectivity index (χ3v) is 6.99. The minimum absolute atomic E-state index is 0.0879. The first-order valence-electron chi connectivity index (χ1n) is 11.1. The summed E-state index contributed by atoms with van der Waals surface area (Å²) in [4.78, 5) is 14.5. The van der Waals surface area contributed by atoms with E-state index in [0.29, 0.717) is 25.5 Å². The SMILES string of the molecule is CCCC(=O)N1CCC[C@H](NS(C)(=O)=O)[C@@H]1COC1CCC(c2ccn(C)n2)CC1. The summed E-state index contributed by atoms with van der Waals surface area (Å²) in [6.07, 6.45) is 10.1. The van der Waals surface area contributed by atoms with E-state index in [1.807, 2.05) is 29.7 Å². The Hall–Kier alpha value is -1.45. The molecular weight excluding hydrogens is 404 g/mol. The molecule has 3 rings (SSSR count). The van der Waals surface area contributed by atoms with Crippen LogP contribution in [0, 0.1) is 0 Å². The van der Waals surface area contributed by atoms with Gasteiger partial charge in [-0.05, 0) is 51.0 Å². The van der Waals surface area contributed by atoms with Crippen LogP contribution in [0.25, 0.3) is 0 Å². The van der Waals surface area contributed by atoms with E-state index in [2.05, 4.69) is 15.9 Å². The van der Waals surface area contributed by atoms with Crippen LogP contribution in [-0.4, -0.2) is 66.6 Å². The molecule has 1 aromatic heterocycles. The van der Waals surface area contributed by atoms with Crippen molar-refractivity contribution in [3.05, 3.63) is 18.0 Å². The Morgan fingerprint density at radius 1 is 1.27 bits per heavy atom. The monoisotopic (exact) mass is 440 g/mol. The Balaban J connectivity index is 1.59. The molecule has 1 saturated heterocycles. The second-order valence-corrected chi connectivity index (χ2v) is 10.5. The molecule has 0 radical (unpaired) electrons. The third-order valence-electron chi connectivity index (χ3n) is 6.26. The molecule has 2 aliphatic rings. The summed E-state index contributed by atoms with van der Waals surface area (Å²) in [6, 6.07) is 1.55. The van der Waals surface area contributed by atoms with E-state index in [4.69, 9.17) is 4.74 Å². The fourth-order valence-corrected chi connectivity index (χ4v) is 5.58. The van der Waals surface area contributed by atoms with Gasteiger partial charge < -0.3 is 9.64 Å². The average Bonchev–Trinajstić information content (AvgIpc) is 3.12. The molecule has 0 aromatic carbocycles. The zero-order chi connectivity index (χ0) is 21.7. The molecule has 2 atom stereocenters. The van der Waals surface area contributed by atoms with E-state index in [0.717, 1.165) is 50.6 Å². The lowest BCUT2D eigenvalue weighted by Gasteiger charge is -2.42. The predicted octanol–water partition coefficient (Wildman–Crippen LogP) is 2.17. The van der Waals surface area contributed by atoms with Gasteiger partial charge in [0.15, 0.2) is 0 Å². The fourth-order valence-electron chi connectivity index (χ4n) is 4.75. The van der Waals surface area contributed by atoms with Gasteiger partial charge in [-0.3, -0.25) is 9.48 Å². The molecule has 1 aliphatic carbocycles. The van der Waals surface area contributed by atoms with Gasteiger partial charge in [0.05, 0.1) is 30.7 Å². The van der Waals surface area contributed by atoms with Crippen molar-refractivity contribution in [1.29, 1.82) is 0 Å². The summed E-state index contributed by atoms with van der Waals surface area (Å²) >= 11 is 0. The first-order valence-corrected chi connectivity index (χ1v) is 13.0. The van der Waals surface area contributed by atoms with Crippen LogP contribution in [0.2, 0.25) is 0 Å². The number of carbonyl (C=O) groups is 1. The second kappa shape index (κ2) is 10.2. The number of sulfonamides is 1. The average molecular weight is 441 g/mol. The zero-order valence-electron chi connectivity index (χ0n) is 18.4. The Morgan fingerprint density at radius 2 is 2.00 bits per heavy atom. The molecule has 30 heavy (non-hydrogen) atoms. The molecule has 2 heterocycles. The highest BCUT2D eigenvalue weighted by Gasteiger charge is 2.36. The smallest absolute Gasteiger partial charge is 0.222 e. The molecule has 1 aliphatic heterocycles. The van der Waals surface area contributed by atoms with Gasteiger partial charge in [0.2, 0.25) is 15.9 Å². The molecule has 2 fully saturated rings. The summed E-state index contributed by atoms with van der Waals surface area (Å²) in [5.41, 5.74) is 1.15. The molecule has 9 heteroatoms. The second-order valence-electron chi connectivity index (χ2n) is 8.76. The van der Waals surface area contributed by atoms with Gasteiger partial charge in [0.25, 0.3) is 0 Å². The molecule has 1 amide bonds. The van der Waals surface area contributed by atoms with E-state index in [-0.39, 0.29) is 24.1 Å². The number of likely N-dealkylation sites (tertiary alicyclic amines) is 1. The van der Waals surface area contributed by atoms with Crippen LogP contribution >= 0.6 is 0 Å². The summed E-state index contributed by atoms with van der Waals surface area (Å²) in [5, 5.41) is 4.54. The van der Waals surface area contributed by atoms with Crippen molar-refractivity contribution < 1.29 is 17.9 Å². The van der Waals surface area contributed by atoms with E-state index >= 15 is 0 Å². The number of hydrogen-bond donors (Lipinski definition) is 1. The topological polar surface area (TPSA) is 93.5 Å². The van der Waals surface area contributed by atoms with Crippen molar-refractivity contribution in [2.75, 3.05) is 19.4 Å². The van der Waals surface area contributed by atoms with Crippen LogP contribution in [-0.2, 0) is 26.6 Å². The molecule has 8 nitrogen and oxygen atoms in total. The van der Waals surface area contributed by atoms with Gasteiger partial charge in [-0.25, -0.2) is 13.1 Å². The largest absolute Gasteiger partial charge is 0.376 e. The van der Waals surface area contributed by atoms with Crippen LogP contribution in [0.3, 0.4) is 0 Å². The summed E-state index contributed by atoms with van der Waals surface area (Å²) < 4.78 is 34.6. The lowest BCUT2D eigenvalue weighted by atomic mass is 9.85. The normalized spacial score (nSPS) is 27.9. The number of rotatable bonds is 8. The van der Waals surface area contributed by atoms with Crippen LogP contribution in [0.1, 0.15) is 69.9 Å². The minimum atomic E-state index is -3.35. The highest BCUT2D eigenvalue weighted by atomic mass is 32.2. The van der Waals surface area contributed by atoms with E-state index in [1.165, 1.54) is 6.26 Å². The Labute approximate surface area is 180 Å². The van der Waals surface area contributed by atoms with Crippen molar-refractivity contribution in [3.8, 4) is 0 Å². The molecular formula is C21H36N4O4S. The number of nitrogens with one attached hydrogen (secondary N) is 1. The van der Waals surface area contributed by atoms with Crippen molar-refractivity contribution in [2.45, 2.75) is 82.4 Å². The standard InChI is InChI=1S/C21H36N4O4S/c1-4-6-21(26)25-13-5-7-19(23-30(3,27)28)20(25)15-29-17-10-8-16(9-11-17)18-12-14-24(2)22-18/h12,14,16-17,19-20,23H,4-11,13,15H2,1-3H3/t16?,17?,19-,20-/m0/s1. The Bertz CT molecular complexity index is 802. The number of piperidine rings is 1. The lowest BCUT2D eigenvalue weighted by molar-refractivity contribution is -0.138. The number of carbonyl (C=O) groups excluding carboxylic acids is 1. The zero-order valence-corrected chi connectivity index (χ0v) is 19.2. The van der Waals surface area contributed by atoms with E-state index in [1.54, 1.807) is 0 Å². The maximum absolute atomic E-state index is 12.7. The molecule has 170 valence electrons. The predicted molar refractivity (Wildman–Crippen MR) is 116 cm³/mol. The number of ether oxygens (including phenoxy) is 1. The molecule has 0 bridgehead atoms. The highest BCUT2D eigenvalue weighted by Crippen LogP contribution is 2.33. The van der Waals surface area contributed by atoms with Gasteiger partial charge in [0, 0.05) is 38.2 Å². The van der Waals surface area contributed by atoms with Crippen LogP contribution in [0.5, 0.6) is 0 Å². The number of aryl methyl sites for hydroxylation is 1. The molecule has 1 saturated carbocycles. The van der Waals surface area contributed by atoms with Gasteiger partial charge >= 0.3 is 0 Å². The van der Waals surface area contributed by atoms with Crippen LogP contribution in [0.15, 0.2) is 12.3 Å². The highest BCUT2D eigenvalue weighted by molar-refractivity contribution is 7.88. The van der Waals surface area contributed by atoms with E-state index < -0.39 is 10.0 Å². The van der Waals surface area contributed by atoms with Crippen LogP contribution in [0.4, 0.5) is 0 Å². The van der Waals surface area contributed by atoms with Gasteiger partial charge in [-0.2, -0.15) is 5.10 Å². The number of nitrogens with zero attached hydrogens (tertiary/aromatic N) is 3. The van der Waals surface area contributed by atoms with Gasteiger partial charge in [-0.1, -0.05) is 6.92 Å². The quantitative estimate of drug-likeness (QED) is 0.669. The minimum Gasteiger partial charge on any atom is -0.376 e. The third kappa shape index (κ3) is 6.28. The molecule has 0 unspecified atom stereocenters. The van der Waals surface area contributed by atoms with Crippen LogP contribution < -0.4 is 4.72 Å². The maximum atomic E-state index is 12.7. The van der Waals surface area contributed by atoms with Crippen molar-refractivity contribution in [2.24, 2.45) is 7.05 Å². The van der Waals surface area contributed by atoms with Crippen molar-refractivity contribution in [3.63, 3.8) is 0 Å². The van der Waals surface area contributed by atoms with E-state index in [9.17, 15) is 13.2 Å². The van der Waals surface area contributed by atoms with Gasteiger partial charge in [0.1, 0.15) is 0 Å². The van der Waals surface area contributed by atoms with Crippen molar-refractivity contribution >= 4 is 15.9 Å². The Kier molecular flexibility index (Phi) is 7.92. The summed E-state index contributed by atoms with van der Waals surface area (Å²) in [6.45, 7) is 3.03. The molecule has 1 aromatic rings. The number of aromatic nitrogens is 2. The summed E-state index contributed by atoms with van der Waals surface area (Å²) in [5.74, 6) is 0.563. The first kappa shape index (κ1) is 23.2. The molecule has 1 N–H and O–H groups in total. The lowest BCUT2D eigenvalue weighted by Crippen LogP contribution is -2.59. The Morgan fingerprint density at radius 3 is 2.60 bits per heavy atom. The maximum Gasteiger partial charge on any atom is 0.222 e.